The Morgan fingerprint density at radius 3 is 2.12 bits per heavy atom. The van der Waals surface area contributed by atoms with Gasteiger partial charge in [-0.1, -0.05) is 48.0 Å². The molecule has 0 aliphatic rings. The fraction of sp³-hybridized carbons (Fsp3) is 0.391. The van der Waals surface area contributed by atoms with Crippen molar-refractivity contribution in [2.75, 3.05) is 31.5 Å². The van der Waals surface area contributed by atoms with Crippen molar-refractivity contribution in [3.05, 3.63) is 65.7 Å². The van der Waals surface area contributed by atoms with Crippen molar-refractivity contribution < 1.29 is 18.0 Å². The van der Waals surface area contributed by atoms with Gasteiger partial charge in [0.1, 0.15) is 12.6 Å². The molecule has 1 atom stereocenters. The number of hydrogen-bond donors (Lipinski definition) is 1. The van der Waals surface area contributed by atoms with E-state index in [0.717, 1.165) is 19.7 Å². The van der Waals surface area contributed by atoms with Crippen LogP contribution in [-0.4, -0.2) is 62.7 Å². The molecule has 1 N–H and O–H groups in total. The summed E-state index contributed by atoms with van der Waals surface area (Å²) in [6, 6.07) is 15.3. The lowest BCUT2D eigenvalue weighted by Gasteiger charge is -2.32. The Hall–Kier alpha value is -2.91. The highest BCUT2D eigenvalue weighted by Gasteiger charge is 2.32. The van der Waals surface area contributed by atoms with Gasteiger partial charge in [0, 0.05) is 27.2 Å². The second kappa shape index (κ2) is 11.1. The minimum atomic E-state index is -3.94. The lowest BCUT2D eigenvalue weighted by Crippen LogP contribution is -2.52. The largest absolute Gasteiger partial charge is 0.355 e. The molecule has 0 bridgehead atoms. The predicted molar refractivity (Wildman–Crippen MR) is 126 cm³/mol. The fourth-order valence-electron chi connectivity index (χ4n) is 3.11. The quantitative estimate of drug-likeness (QED) is 0.588. The Morgan fingerprint density at radius 1 is 1.00 bits per heavy atom. The maximum atomic E-state index is 13.4. The maximum Gasteiger partial charge on any atom is 0.304 e. The van der Waals surface area contributed by atoms with Crippen LogP contribution in [-0.2, 0) is 26.3 Å². The average Bonchev–Trinajstić information content (AvgIpc) is 2.77. The van der Waals surface area contributed by atoms with Crippen molar-refractivity contribution >= 4 is 27.7 Å². The summed E-state index contributed by atoms with van der Waals surface area (Å²) in [5, 5.41) is 2.74. The molecule has 174 valence electrons. The highest BCUT2D eigenvalue weighted by molar-refractivity contribution is 7.90. The van der Waals surface area contributed by atoms with Crippen LogP contribution in [0.15, 0.2) is 54.6 Å². The fourth-order valence-corrected chi connectivity index (χ4v) is 4.16. The van der Waals surface area contributed by atoms with E-state index < -0.39 is 28.7 Å². The molecule has 0 fully saturated rings. The van der Waals surface area contributed by atoms with Gasteiger partial charge in [-0.15, -0.1) is 0 Å². The molecule has 2 aromatic carbocycles. The van der Waals surface area contributed by atoms with Crippen molar-refractivity contribution in [3.8, 4) is 0 Å². The summed E-state index contributed by atoms with van der Waals surface area (Å²) in [4.78, 5) is 27.4. The zero-order valence-electron chi connectivity index (χ0n) is 19.3. The first kappa shape index (κ1) is 25.4. The van der Waals surface area contributed by atoms with Gasteiger partial charge < -0.3 is 10.2 Å². The molecule has 32 heavy (non-hydrogen) atoms. The van der Waals surface area contributed by atoms with Gasteiger partial charge in [-0.25, -0.2) is 4.31 Å². The van der Waals surface area contributed by atoms with Gasteiger partial charge in [0.2, 0.25) is 11.8 Å². The molecule has 0 spiro atoms. The third-order valence-electron chi connectivity index (χ3n) is 5.05. The third kappa shape index (κ3) is 6.30. The molecule has 0 saturated heterocycles. The molecule has 2 amide bonds. The summed E-state index contributed by atoms with van der Waals surface area (Å²) < 4.78 is 28.1. The van der Waals surface area contributed by atoms with E-state index in [9.17, 15) is 18.0 Å². The molecule has 0 radical (unpaired) electrons. The number of aryl methyl sites for hydroxylation is 1. The third-order valence-corrected chi connectivity index (χ3v) is 6.87. The summed E-state index contributed by atoms with van der Waals surface area (Å²) >= 11 is 0. The number of nitrogens with one attached hydrogen (secondary N) is 1. The number of amides is 2. The number of carbonyl (C=O) groups is 2. The molecule has 9 heteroatoms. The van der Waals surface area contributed by atoms with Crippen molar-refractivity contribution in [1.82, 2.24) is 14.5 Å². The number of anilines is 1. The Balaban J connectivity index is 2.40. The monoisotopic (exact) mass is 460 g/mol. The maximum absolute atomic E-state index is 13.4. The summed E-state index contributed by atoms with van der Waals surface area (Å²) in [6.07, 6.45) is 0. The van der Waals surface area contributed by atoms with Crippen LogP contribution in [0.2, 0.25) is 0 Å². The SMILES string of the molecule is CCNC(=O)C(C)N(Cc1ccc(C)cc1)C(=O)CN(c1ccccc1)S(=O)(=O)N(C)C. The van der Waals surface area contributed by atoms with Crippen molar-refractivity contribution in [3.63, 3.8) is 0 Å². The van der Waals surface area contributed by atoms with Gasteiger partial charge in [-0.3, -0.25) is 9.59 Å². The zero-order valence-corrected chi connectivity index (χ0v) is 20.1. The minimum Gasteiger partial charge on any atom is -0.355 e. The van der Waals surface area contributed by atoms with Crippen molar-refractivity contribution in [2.24, 2.45) is 0 Å². The first-order valence-corrected chi connectivity index (χ1v) is 11.9. The molecular weight excluding hydrogens is 428 g/mol. The number of carbonyl (C=O) groups excluding carboxylic acids is 2. The highest BCUT2D eigenvalue weighted by Crippen LogP contribution is 2.20. The van der Waals surface area contributed by atoms with E-state index in [4.69, 9.17) is 0 Å². The van der Waals surface area contributed by atoms with Crippen LogP contribution < -0.4 is 9.62 Å². The molecular formula is C23H32N4O4S. The lowest BCUT2D eigenvalue weighted by atomic mass is 10.1. The van der Waals surface area contributed by atoms with E-state index in [1.54, 1.807) is 44.2 Å². The zero-order chi connectivity index (χ0) is 23.9. The van der Waals surface area contributed by atoms with Crippen LogP contribution in [0.25, 0.3) is 0 Å². The second-order valence-corrected chi connectivity index (χ2v) is 9.78. The smallest absolute Gasteiger partial charge is 0.304 e. The Labute approximate surface area is 191 Å². The molecule has 0 aromatic heterocycles. The van der Waals surface area contributed by atoms with Crippen LogP contribution in [0.3, 0.4) is 0 Å². The van der Waals surface area contributed by atoms with Gasteiger partial charge in [-0.2, -0.15) is 12.7 Å². The summed E-state index contributed by atoms with van der Waals surface area (Å²) in [6.45, 7) is 5.60. The topological polar surface area (TPSA) is 90.0 Å². The standard InChI is InChI=1S/C23H32N4O4S/c1-6-24-23(29)19(3)26(16-20-14-12-18(2)13-15-20)22(28)17-27(32(30,31)25(4)5)21-10-8-7-9-11-21/h7-15,19H,6,16-17H2,1-5H3,(H,24,29). The van der Waals surface area contributed by atoms with Gasteiger partial charge in [0.25, 0.3) is 0 Å². The van der Waals surface area contributed by atoms with Gasteiger partial charge in [0.05, 0.1) is 5.69 Å². The van der Waals surface area contributed by atoms with Crippen LogP contribution >= 0.6 is 0 Å². The molecule has 0 aliphatic heterocycles. The molecule has 0 heterocycles. The van der Waals surface area contributed by atoms with Crippen molar-refractivity contribution in [1.29, 1.82) is 0 Å². The van der Waals surface area contributed by atoms with Crippen LogP contribution in [0, 0.1) is 6.92 Å². The Morgan fingerprint density at radius 2 is 1.59 bits per heavy atom. The van der Waals surface area contributed by atoms with E-state index in [1.807, 2.05) is 31.2 Å². The molecule has 8 nitrogen and oxygen atoms in total. The first-order chi connectivity index (χ1) is 15.1. The summed E-state index contributed by atoms with van der Waals surface area (Å²) in [7, 11) is -1.11. The van der Waals surface area contributed by atoms with Crippen LogP contribution in [0.1, 0.15) is 25.0 Å². The van der Waals surface area contributed by atoms with Crippen LogP contribution in [0.5, 0.6) is 0 Å². The average molecular weight is 461 g/mol. The van der Waals surface area contributed by atoms with E-state index >= 15 is 0 Å². The highest BCUT2D eigenvalue weighted by atomic mass is 32.2. The number of rotatable bonds is 10. The van der Waals surface area contributed by atoms with Gasteiger partial charge in [-0.05, 0) is 38.5 Å². The first-order valence-electron chi connectivity index (χ1n) is 10.5. The van der Waals surface area contributed by atoms with Crippen LogP contribution in [0.4, 0.5) is 5.69 Å². The number of likely N-dealkylation sites (N-methyl/N-ethyl adjacent to an activating group) is 1. The van der Waals surface area contributed by atoms with E-state index in [-0.39, 0.29) is 12.5 Å². The number of benzene rings is 2. The molecule has 0 aliphatic carbocycles. The number of hydrogen-bond acceptors (Lipinski definition) is 4. The van der Waals surface area contributed by atoms with Gasteiger partial charge >= 0.3 is 10.2 Å². The van der Waals surface area contributed by atoms with E-state index in [0.29, 0.717) is 12.2 Å². The van der Waals surface area contributed by atoms with Crippen molar-refractivity contribution in [2.45, 2.75) is 33.4 Å². The summed E-state index contributed by atoms with van der Waals surface area (Å²) in [5.41, 5.74) is 2.30. The molecule has 2 rings (SSSR count). The Kier molecular flexibility index (Phi) is 8.80. The second-order valence-electron chi connectivity index (χ2n) is 7.71. The summed E-state index contributed by atoms with van der Waals surface area (Å²) in [5.74, 6) is -0.770. The molecule has 2 aromatic rings. The van der Waals surface area contributed by atoms with E-state index in [2.05, 4.69) is 5.32 Å². The predicted octanol–water partition coefficient (Wildman–Crippen LogP) is 2.16. The number of para-hydroxylation sites is 1. The molecule has 0 saturated carbocycles. The minimum absolute atomic E-state index is 0.183. The number of nitrogens with zero attached hydrogens (tertiary/aromatic N) is 3. The Bertz CT molecular complexity index is 1010. The lowest BCUT2D eigenvalue weighted by molar-refractivity contribution is -0.139. The van der Waals surface area contributed by atoms with E-state index in [1.165, 1.54) is 19.0 Å². The van der Waals surface area contributed by atoms with Gasteiger partial charge in [0.15, 0.2) is 0 Å². The molecule has 1 unspecified atom stereocenters. The normalized spacial score (nSPS) is 12.3.